The molecule has 1 aliphatic carbocycles. The molecule has 1 heterocycles. The molecular formula is C14H19NO4S. The van der Waals surface area contributed by atoms with Gasteiger partial charge in [0, 0.05) is 17.4 Å². The fourth-order valence-corrected chi connectivity index (χ4v) is 3.57. The summed E-state index contributed by atoms with van der Waals surface area (Å²) < 4.78 is 4.91. The normalized spacial score (nSPS) is 17.1. The summed E-state index contributed by atoms with van der Waals surface area (Å²) in [7, 11) is 1.42. The van der Waals surface area contributed by atoms with Crippen molar-refractivity contribution in [3.63, 3.8) is 0 Å². The Kier molecular flexibility index (Phi) is 4.45. The Balaban J connectivity index is 2.19. The fourth-order valence-electron chi connectivity index (χ4n) is 2.44. The van der Waals surface area contributed by atoms with E-state index in [2.05, 4.69) is 5.32 Å². The molecule has 0 saturated heterocycles. The van der Waals surface area contributed by atoms with Crippen LogP contribution in [-0.4, -0.2) is 36.2 Å². The highest BCUT2D eigenvalue weighted by molar-refractivity contribution is 7.10. The number of nitrogens with one attached hydrogen (secondary N) is 1. The molecule has 1 atom stereocenters. The van der Waals surface area contributed by atoms with Crippen LogP contribution in [-0.2, 0) is 22.4 Å². The van der Waals surface area contributed by atoms with Gasteiger partial charge in [-0.3, -0.25) is 4.79 Å². The number of hydrogen-bond donors (Lipinski definition) is 2. The van der Waals surface area contributed by atoms with Crippen LogP contribution in [0.5, 0.6) is 0 Å². The van der Waals surface area contributed by atoms with Crippen LogP contribution in [0, 0.1) is 0 Å². The van der Waals surface area contributed by atoms with E-state index in [4.69, 9.17) is 4.74 Å². The number of fused-ring (bicyclic) bond motifs is 1. The van der Waals surface area contributed by atoms with Crippen molar-refractivity contribution in [3.05, 3.63) is 21.4 Å². The minimum atomic E-state index is -1.41. The van der Waals surface area contributed by atoms with Crippen molar-refractivity contribution in [2.24, 2.45) is 0 Å². The molecule has 2 rings (SSSR count). The first-order chi connectivity index (χ1) is 9.48. The second-order valence-electron chi connectivity index (χ2n) is 5.28. The van der Waals surface area contributed by atoms with Gasteiger partial charge in [-0.2, -0.15) is 0 Å². The monoisotopic (exact) mass is 297 g/mol. The van der Waals surface area contributed by atoms with E-state index in [1.165, 1.54) is 18.9 Å². The molecule has 1 unspecified atom stereocenters. The second-order valence-corrected chi connectivity index (χ2v) is 6.25. The minimum Gasteiger partial charge on any atom is -0.479 e. The zero-order valence-corrected chi connectivity index (χ0v) is 12.5. The Morgan fingerprint density at radius 1 is 1.45 bits per heavy atom. The summed E-state index contributed by atoms with van der Waals surface area (Å²) in [6.45, 7) is 1.38. The molecule has 1 aromatic rings. The SMILES string of the molecule is COCC(C)(NC(=O)c1csc2c1CCCC2)C(=O)O. The van der Waals surface area contributed by atoms with Crippen LogP contribution in [0.2, 0.25) is 0 Å². The molecule has 110 valence electrons. The molecular weight excluding hydrogens is 278 g/mol. The number of aliphatic carboxylic acids is 1. The smallest absolute Gasteiger partial charge is 0.331 e. The van der Waals surface area contributed by atoms with E-state index in [1.54, 1.807) is 11.3 Å². The number of hydrogen-bond acceptors (Lipinski definition) is 4. The van der Waals surface area contributed by atoms with Crippen molar-refractivity contribution >= 4 is 23.2 Å². The lowest BCUT2D eigenvalue weighted by atomic mass is 9.95. The zero-order chi connectivity index (χ0) is 14.8. The van der Waals surface area contributed by atoms with E-state index in [9.17, 15) is 14.7 Å². The lowest BCUT2D eigenvalue weighted by Gasteiger charge is -2.25. The highest BCUT2D eigenvalue weighted by Gasteiger charge is 2.36. The molecule has 0 spiro atoms. The van der Waals surface area contributed by atoms with E-state index in [1.807, 2.05) is 5.38 Å². The topological polar surface area (TPSA) is 75.6 Å². The van der Waals surface area contributed by atoms with Gasteiger partial charge in [-0.1, -0.05) is 0 Å². The number of rotatable bonds is 5. The fraction of sp³-hybridized carbons (Fsp3) is 0.571. The number of carbonyl (C=O) groups is 2. The molecule has 6 heteroatoms. The van der Waals surface area contributed by atoms with Crippen molar-refractivity contribution in [1.82, 2.24) is 5.32 Å². The number of thiophene rings is 1. The van der Waals surface area contributed by atoms with Crippen LogP contribution in [0.3, 0.4) is 0 Å². The van der Waals surface area contributed by atoms with Crippen LogP contribution in [0.4, 0.5) is 0 Å². The van der Waals surface area contributed by atoms with E-state index in [0.717, 1.165) is 31.2 Å². The van der Waals surface area contributed by atoms with Gasteiger partial charge in [0.25, 0.3) is 5.91 Å². The number of methoxy groups -OCH3 is 1. The number of carbonyl (C=O) groups excluding carboxylic acids is 1. The molecule has 2 N–H and O–H groups in total. The van der Waals surface area contributed by atoms with Crippen molar-refractivity contribution in [3.8, 4) is 0 Å². The summed E-state index contributed by atoms with van der Waals surface area (Å²) in [6, 6.07) is 0. The quantitative estimate of drug-likeness (QED) is 0.869. The molecule has 0 radical (unpaired) electrons. The van der Waals surface area contributed by atoms with Gasteiger partial charge >= 0.3 is 5.97 Å². The van der Waals surface area contributed by atoms with Gasteiger partial charge in [-0.05, 0) is 38.2 Å². The molecule has 0 fully saturated rings. The summed E-state index contributed by atoms with van der Waals surface area (Å²) in [5.74, 6) is -1.43. The number of ether oxygens (including phenoxy) is 1. The Morgan fingerprint density at radius 3 is 2.80 bits per heavy atom. The molecule has 5 nitrogen and oxygen atoms in total. The molecule has 1 aromatic heterocycles. The summed E-state index contributed by atoms with van der Waals surface area (Å²) in [5, 5.41) is 13.7. The lowest BCUT2D eigenvalue weighted by molar-refractivity contribution is -0.145. The Hall–Kier alpha value is -1.40. The van der Waals surface area contributed by atoms with Gasteiger partial charge in [0.15, 0.2) is 5.54 Å². The summed E-state index contributed by atoms with van der Waals surface area (Å²) in [5.41, 5.74) is 0.298. The highest BCUT2D eigenvalue weighted by atomic mass is 32.1. The van der Waals surface area contributed by atoms with Crippen molar-refractivity contribution in [1.29, 1.82) is 0 Å². The average Bonchev–Trinajstić information content (AvgIpc) is 2.82. The first kappa shape index (κ1) is 15.0. The van der Waals surface area contributed by atoms with Gasteiger partial charge < -0.3 is 15.2 Å². The molecule has 20 heavy (non-hydrogen) atoms. The molecule has 0 bridgehead atoms. The predicted molar refractivity (Wildman–Crippen MR) is 76.3 cm³/mol. The van der Waals surface area contributed by atoms with Gasteiger partial charge in [0.2, 0.25) is 0 Å². The third-order valence-corrected chi connectivity index (χ3v) is 4.69. The third-order valence-electron chi connectivity index (χ3n) is 3.60. The molecule has 0 aliphatic heterocycles. The number of aryl methyl sites for hydroxylation is 1. The lowest BCUT2D eigenvalue weighted by Crippen LogP contribution is -2.55. The van der Waals surface area contributed by atoms with Crippen LogP contribution in [0.15, 0.2) is 5.38 Å². The molecule has 0 aromatic carbocycles. The third kappa shape index (κ3) is 2.86. The average molecular weight is 297 g/mol. The van der Waals surface area contributed by atoms with Crippen molar-refractivity contribution in [2.75, 3.05) is 13.7 Å². The molecule has 1 amide bonds. The van der Waals surface area contributed by atoms with E-state index in [0.29, 0.717) is 5.56 Å². The maximum absolute atomic E-state index is 12.3. The highest BCUT2D eigenvalue weighted by Crippen LogP contribution is 2.30. The number of carboxylic acids is 1. The maximum atomic E-state index is 12.3. The first-order valence-corrected chi connectivity index (χ1v) is 7.50. The van der Waals surface area contributed by atoms with Crippen molar-refractivity contribution in [2.45, 2.75) is 38.1 Å². The van der Waals surface area contributed by atoms with Gasteiger partial charge in [0.1, 0.15) is 0 Å². The second kappa shape index (κ2) is 5.93. The van der Waals surface area contributed by atoms with Gasteiger partial charge in [0.05, 0.1) is 12.2 Å². The first-order valence-electron chi connectivity index (χ1n) is 6.62. The standard InChI is InChI=1S/C14H19NO4S/c1-14(8-19-2,13(17)18)15-12(16)10-7-20-11-6-4-3-5-9(10)11/h7H,3-6,8H2,1-2H3,(H,15,16)(H,17,18). The summed E-state index contributed by atoms with van der Waals surface area (Å²) in [4.78, 5) is 24.9. The van der Waals surface area contributed by atoms with Gasteiger partial charge in [-0.15, -0.1) is 11.3 Å². The zero-order valence-electron chi connectivity index (χ0n) is 11.7. The van der Waals surface area contributed by atoms with Crippen LogP contribution in [0.25, 0.3) is 0 Å². The Bertz CT molecular complexity index is 525. The van der Waals surface area contributed by atoms with E-state index in [-0.39, 0.29) is 12.5 Å². The summed E-state index contributed by atoms with van der Waals surface area (Å²) in [6.07, 6.45) is 4.15. The number of carboxylic acid groups (broad SMARTS) is 1. The Morgan fingerprint density at radius 2 is 2.15 bits per heavy atom. The largest absolute Gasteiger partial charge is 0.479 e. The minimum absolute atomic E-state index is 0.0690. The van der Waals surface area contributed by atoms with Gasteiger partial charge in [-0.25, -0.2) is 4.79 Å². The van der Waals surface area contributed by atoms with Crippen LogP contribution in [0.1, 0.15) is 40.6 Å². The Labute approximate surface area is 121 Å². The van der Waals surface area contributed by atoms with E-state index < -0.39 is 11.5 Å². The molecule has 1 aliphatic rings. The van der Waals surface area contributed by atoms with Crippen molar-refractivity contribution < 1.29 is 19.4 Å². The maximum Gasteiger partial charge on any atom is 0.331 e. The van der Waals surface area contributed by atoms with E-state index >= 15 is 0 Å². The summed E-state index contributed by atoms with van der Waals surface area (Å²) >= 11 is 1.59. The number of amides is 1. The van der Waals surface area contributed by atoms with Crippen LogP contribution < -0.4 is 5.32 Å². The van der Waals surface area contributed by atoms with Crippen LogP contribution >= 0.6 is 11.3 Å². The predicted octanol–water partition coefficient (Wildman–Crippen LogP) is 1.85. The molecule has 0 saturated carbocycles.